The smallest absolute Gasteiger partial charge is 0.341 e. The van der Waals surface area contributed by atoms with Crippen LogP contribution in [0.2, 0.25) is 0 Å². The predicted molar refractivity (Wildman–Crippen MR) is 121 cm³/mol. The molecule has 0 aliphatic rings. The number of hydrogen-bond acceptors (Lipinski definition) is 6. The van der Waals surface area contributed by atoms with Crippen molar-refractivity contribution in [3.63, 3.8) is 0 Å². The number of hydrogen-bond donors (Lipinski definition) is 1. The number of esters is 1. The first-order valence-electron chi connectivity index (χ1n) is 9.65. The van der Waals surface area contributed by atoms with E-state index in [0.29, 0.717) is 21.7 Å². The van der Waals surface area contributed by atoms with Gasteiger partial charge in [0, 0.05) is 28.1 Å². The lowest BCUT2D eigenvalue weighted by molar-refractivity contribution is -0.385. The Kier molecular flexibility index (Phi) is 6.50. The monoisotopic (exact) mass is 438 g/mol. The fourth-order valence-electron chi connectivity index (χ4n) is 3.15. The highest BCUT2D eigenvalue weighted by molar-refractivity contribution is 7.15. The Bertz CT molecular complexity index is 1180. The Balaban J connectivity index is 1.99. The number of ether oxygens (including phenoxy) is 1. The van der Waals surface area contributed by atoms with Crippen molar-refractivity contribution in [1.82, 2.24) is 0 Å². The molecule has 1 amide bonds. The topological polar surface area (TPSA) is 98.5 Å². The molecule has 0 spiro atoms. The SMILES string of the molecule is CCOC(=O)c1c(-c2ccc(C)c(C)c2)csc1NC(=O)c1ccc([N+](=O)[O-])c(C)c1. The summed E-state index contributed by atoms with van der Waals surface area (Å²) in [6.07, 6.45) is 0. The van der Waals surface area contributed by atoms with Crippen LogP contribution in [-0.2, 0) is 4.74 Å². The van der Waals surface area contributed by atoms with Crippen molar-refractivity contribution in [1.29, 1.82) is 0 Å². The third-order valence-electron chi connectivity index (χ3n) is 4.97. The Labute approximate surface area is 183 Å². The van der Waals surface area contributed by atoms with Gasteiger partial charge in [0.15, 0.2) is 0 Å². The Morgan fingerprint density at radius 2 is 1.81 bits per heavy atom. The molecule has 3 aromatic rings. The van der Waals surface area contributed by atoms with E-state index in [2.05, 4.69) is 5.32 Å². The number of nitro benzene ring substituents is 1. The zero-order chi connectivity index (χ0) is 22.7. The van der Waals surface area contributed by atoms with E-state index in [1.807, 2.05) is 37.4 Å². The lowest BCUT2D eigenvalue weighted by Crippen LogP contribution is -2.15. The number of anilines is 1. The molecule has 0 bridgehead atoms. The van der Waals surface area contributed by atoms with Gasteiger partial charge < -0.3 is 10.1 Å². The van der Waals surface area contributed by atoms with Gasteiger partial charge in [-0.05, 0) is 56.5 Å². The van der Waals surface area contributed by atoms with Crippen molar-refractivity contribution >= 4 is 33.9 Å². The fourth-order valence-corrected chi connectivity index (χ4v) is 4.11. The summed E-state index contributed by atoms with van der Waals surface area (Å²) in [5, 5.41) is 16.0. The summed E-state index contributed by atoms with van der Waals surface area (Å²) in [5.74, 6) is -0.982. The zero-order valence-electron chi connectivity index (χ0n) is 17.6. The van der Waals surface area contributed by atoms with Gasteiger partial charge >= 0.3 is 5.97 Å². The molecule has 0 aliphatic carbocycles. The van der Waals surface area contributed by atoms with Crippen molar-refractivity contribution in [2.24, 2.45) is 0 Å². The van der Waals surface area contributed by atoms with Crippen LogP contribution in [0.4, 0.5) is 10.7 Å². The number of nitro groups is 1. The first-order valence-corrected chi connectivity index (χ1v) is 10.5. The molecule has 1 aromatic heterocycles. The number of carbonyl (C=O) groups excluding carboxylic acids is 2. The normalized spacial score (nSPS) is 10.6. The standard InChI is InChI=1S/C23H22N2O5S/c1-5-30-23(27)20-18(16-7-6-13(2)14(3)10-16)12-31-22(20)24-21(26)17-8-9-19(25(28)29)15(4)11-17/h6-12H,5H2,1-4H3,(H,24,26). The maximum absolute atomic E-state index is 12.8. The second kappa shape index (κ2) is 9.09. The van der Waals surface area contributed by atoms with Gasteiger partial charge in [0.05, 0.1) is 11.5 Å². The highest BCUT2D eigenvalue weighted by atomic mass is 32.1. The number of carbonyl (C=O) groups is 2. The van der Waals surface area contributed by atoms with E-state index in [1.54, 1.807) is 13.8 Å². The van der Waals surface area contributed by atoms with E-state index >= 15 is 0 Å². The van der Waals surface area contributed by atoms with Crippen molar-refractivity contribution in [3.05, 3.63) is 79.7 Å². The maximum Gasteiger partial charge on any atom is 0.341 e. The largest absolute Gasteiger partial charge is 0.462 e. The van der Waals surface area contributed by atoms with E-state index in [0.717, 1.165) is 16.7 Å². The highest BCUT2D eigenvalue weighted by Gasteiger charge is 2.24. The second-order valence-electron chi connectivity index (χ2n) is 7.09. The maximum atomic E-state index is 12.8. The van der Waals surface area contributed by atoms with Crippen LogP contribution >= 0.6 is 11.3 Å². The third kappa shape index (κ3) is 4.64. The summed E-state index contributed by atoms with van der Waals surface area (Å²) in [7, 11) is 0. The minimum atomic E-state index is -0.521. The van der Waals surface area contributed by atoms with Crippen LogP contribution in [0.1, 0.15) is 44.3 Å². The molecule has 1 heterocycles. The Hall–Kier alpha value is -3.52. The van der Waals surface area contributed by atoms with Crippen molar-refractivity contribution < 1.29 is 19.2 Å². The number of thiophene rings is 1. The summed E-state index contributed by atoms with van der Waals surface area (Å²) in [4.78, 5) is 36.0. The molecule has 2 aromatic carbocycles. The average Bonchev–Trinajstić information content (AvgIpc) is 3.13. The minimum absolute atomic E-state index is 0.0584. The number of amides is 1. The Morgan fingerprint density at radius 1 is 1.06 bits per heavy atom. The quantitative estimate of drug-likeness (QED) is 0.303. The number of nitrogens with one attached hydrogen (secondary N) is 1. The molecular formula is C23H22N2O5S. The van der Waals surface area contributed by atoms with Crippen molar-refractivity contribution in [2.45, 2.75) is 27.7 Å². The van der Waals surface area contributed by atoms with E-state index < -0.39 is 16.8 Å². The summed E-state index contributed by atoms with van der Waals surface area (Å²) in [6, 6.07) is 10.0. The van der Waals surface area contributed by atoms with Crippen LogP contribution in [0.25, 0.3) is 11.1 Å². The first kappa shape index (κ1) is 22.2. The molecule has 0 aliphatic heterocycles. The molecule has 0 atom stereocenters. The van der Waals surface area contributed by atoms with Crippen molar-refractivity contribution in [2.75, 3.05) is 11.9 Å². The third-order valence-corrected chi connectivity index (χ3v) is 5.87. The van der Waals surface area contributed by atoms with E-state index in [4.69, 9.17) is 4.74 Å². The summed E-state index contributed by atoms with van der Waals surface area (Å²) in [5.41, 5.74) is 4.64. The van der Waals surface area contributed by atoms with Gasteiger partial charge in [-0.2, -0.15) is 0 Å². The van der Waals surface area contributed by atoms with E-state index in [1.165, 1.54) is 29.5 Å². The number of rotatable bonds is 6. The number of nitrogens with zero attached hydrogens (tertiary/aromatic N) is 1. The van der Waals surface area contributed by atoms with E-state index in [9.17, 15) is 19.7 Å². The van der Waals surface area contributed by atoms with Gasteiger partial charge in [0.2, 0.25) is 0 Å². The highest BCUT2D eigenvalue weighted by Crippen LogP contribution is 2.37. The second-order valence-corrected chi connectivity index (χ2v) is 7.97. The minimum Gasteiger partial charge on any atom is -0.462 e. The molecule has 7 nitrogen and oxygen atoms in total. The van der Waals surface area contributed by atoms with Gasteiger partial charge in [0.25, 0.3) is 11.6 Å². The van der Waals surface area contributed by atoms with Crippen LogP contribution in [0.15, 0.2) is 41.8 Å². The number of aryl methyl sites for hydroxylation is 3. The first-order chi connectivity index (χ1) is 14.7. The van der Waals surface area contributed by atoms with Crippen LogP contribution in [0.3, 0.4) is 0 Å². The van der Waals surface area contributed by atoms with Gasteiger partial charge in [-0.25, -0.2) is 4.79 Å². The molecule has 1 N–H and O–H groups in total. The molecule has 160 valence electrons. The predicted octanol–water partition coefficient (Wildman–Crippen LogP) is 5.68. The molecule has 31 heavy (non-hydrogen) atoms. The summed E-state index contributed by atoms with van der Waals surface area (Å²) < 4.78 is 5.23. The zero-order valence-corrected chi connectivity index (χ0v) is 18.5. The summed E-state index contributed by atoms with van der Waals surface area (Å²) in [6.45, 7) is 7.50. The van der Waals surface area contributed by atoms with E-state index in [-0.39, 0.29) is 17.9 Å². The molecule has 0 fully saturated rings. The van der Waals surface area contributed by atoms with Crippen LogP contribution in [0, 0.1) is 30.9 Å². The Morgan fingerprint density at radius 3 is 2.42 bits per heavy atom. The molecule has 0 saturated heterocycles. The van der Waals surface area contributed by atoms with Crippen LogP contribution in [-0.4, -0.2) is 23.4 Å². The molecular weight excluding hydrogens is 416 g/mol. The fraction of sp³-hybridized carbons (Fsp3) is 0.217. The molecule has 0 radical (unpaired) electrons. The lowest BCUT2D eigenvalue weighted by Gasteiger charge is -2.10. The van der Waals surface area contributed by atoms with Gasteiger partial charge in [0.1, 0.15) is 10.6 Å². The van der Waals surface area contributed by atoms with Gasteiger partial charge in [-0.1, -0.05) is 18.2 Å². The number of benzene rings is 2. The van der Waals surface area contributed by atoms with Gasteiger partial charge in [-0.3, -0.25) is 14.9 Å². The molecule has 8 heteroatoms. The summed E-state index contributed by atoms with van der Waals surface area (Å²) >= 11 is 1.23. The lowest BCUT2D eigenvalue weighted by atomic mass is 9.99. The molecule has 3 rings (SSSR count). The van der Waals surface area contributed by atoms with Crippen LogP contribution in [0.5, 0.6) is 0 Å². The molecule has 0 saturated carbocycles. The van der Waals surface area contributed by atoms with Gasteiger partial charge in [-0.15, -0.1) is 11.3 Å². The average molecular weight is 439 g/mol. The van der Waals surface area contributed by atoms with Crippen LogP contribution < -0.4 is 5.32 Å². The van der Waals surface area contributed by atoms with Crippen molar-refractivity contribution in [3.8, 4) is 11.1 Å². The molecule has 0 unspecified atom stereocenters.